The molecule has 70 valence electrons. The van der Waals surface area contributed by atoms with Gasteiger partial charge in [0.15, 0.2) is 0 Å². The number of hydrogen-bond donors (Lipinski definition) is 2. The molecule has 12 heavy (non-hydrogen) atoms. The van der Waals surface area contributed by atoms with Crippen LogP contribution >= 0.6 is 0 Å². The monoisotopic (exact) mass is 171 g/mol. The molecule has 3 heteroatoms. The highest BCUT2D eigenvalue weighted by Crippen LogP contribution is 2.17. The first-order valence-corrected chi connectivity index (χ1v) is 4.11. The van der Waals surface area contributed by atoms with Gasteiger partial charge in [0.2, 0.25) is 0 Å². The number of rotatable bonds is 5. The van der Waals surface area contributed by atoms with E-state index in [9.17, 15) is 4.79 Å². The third-order valence-electron chi connectivity index (χ3n) is 1.88. The van der Waals surface area contributed by atoms with Gasteiger partial charge >= 0.3 is 5.97 Å². The molecule has 0 aliphatic rings. The number of hydrogen-bond acceptors (Lipinski definition) is 2. The predicted octanol–water partition coefficient (Wildman–Crippen LogP) is 1.61. The molecule has 0 radical (unpaired) electrons. The van der Waals surface area contributed by atoms with Crippen molar-refractivity contribution < 1.29 is 9.90 Å². The Morgan fingerprint density at radius 1 is 1.58 bits per heavy atom. The summed E-state index contributed by atoms with van der Waals surface area (Å²) in [5, 5.41) is 11.2. The Balaban J connectivity index is 3.63. The van der Waals surface area contributed by atoms with E-state index < -0.39 is 5.97 Å². The topological polar surface area (TPSA) is 49.3 Å². The van der Waals surface area contributed by atoms with E-state index in [1.54, 1.807) is 0 Å². The van der Waals surface area contributed by atoms with Crippen LogP contribution in [0.5, 0.6) is 0 Å². The van der Waals surface area contributed by atoms with E-state index in [0.717, 1.165) is 19.0 Å². The maximum atomic E-state index is 10.1. The molecule has 0 aliphatic carbocycles. The Kier molecular flexibility index (Phi) is 4.40. The molecule has 0 aromatic heterocycles. The number of aliphatic carboxylic acids is 1. The first kappa shape index (κ1) is 11.0. The first-order valence-electron chi connectivity index (χ1n) is 4.11. The molecule has 2 N–H and O–H groups in total. The molecule has 0 heterocycles. The van der Waals surface area contributed by atoms with Gasteiger partial charge in [0.05, 0.1) is 0 Å². The summed E-state index contributed by atoms with van der Waals surface area (Å²) in [4.78, 5) is 10.1. The van der Waals surface area contributed by atoms with E-state index in [1.807, 2.05) is 0 Å². The van der Waals surface area contributed by atoms with E-state index in [4.69, 9.17) is 5.11 Å². The van der Waals surface area contributed by atoms with Gasteiger partial charge in [0.1, 0.15) is 0 Å². The summed E-state index contributed by atoms with van der Waals surface area (Å²) in [5.74, 6) is -0.920. The molecular formula is C9H17NO2. The SMILES string of the molecule is CCC(C)(C)CN/C=C/C(=O)O. The molecule has 0 aromatic rings. The summed E-state index contributed by atoms with van der Waals surface area (Å²) in [6, 6.07) is 0. The molecule has 0 saturated carbocycles. The van der Waals surface area contributed by atoms with Crippen LogP contribution < -0.4 is 5.32 Å². The second-order valence-electron chi connectivity index (χ2n) is 3.57. The van der Waals surface area contributed by atoms with Gasteiger partial charge in [0.25, 0.3) is 0 Å². The zero-order chi connectivity index (χ0) is 9.61. The lowest BCUT2D eigenvalue weighted by Gasteiger charge is -2.21. The van der Waals surface area contributed by atoms with Gasteiger partial charge < -0.3 is 10.4 Å². The minimum Gasteiger partial charge on any atom is -0.478 e. The van der Waals surface area contributed by atoms with Crippen molar-refractivity contribution in [2.75, 3.05) is 6.54 Å². The Morgan fingerprint density at radius 2 is 2.17 bits per heavy atom. The van der Waals surface area contributed by atoms with Gasteiger partial charge in [-0.1, -0.05) is 20.8 Å². The molecule has 3 nitrogen and oxygen atoms in total. The third-order valence-corrected chi connectivity index (χ3v) is 1.88. The molecule has 0 aromatic carbocycles. The van der Waals surface area contributed by atoms with Gasteiger partial charge in [0, 0.05) is 18.8 Å². The van der Waals surface area contributed by atoms with Crippen molar-refractivity contribution in [2.24, 2.45) is 5.41 Å². The van der Waals surface area contributed by atoms with Crippen molar-refractivity contribution in [3.63, 3.8) is 0 Å². The van der Waals surface area contributed by atoms with Gasteiger partial charge in [-0.05, 0) is 11.8 Å². The first-order chi connectivity index (χ1) is 5.48. The molecule has 0 fully saturated rings. The van der Waals surface area contributed by atoms with Gasteiger partial charge in [-0.25, -0.2) is 4.79 Å². The van der Waals surface area contributed by atoms with Crippen molar-refractivity contribution in [2.45, 2.75) is 27.2 Å². The fourth-order valence-electron chi connectivity index (χ4n) is 0.590. The fourth-order valence-corrected chi connectivity index (χ4v) is 0.590. The average Bonchev–Trinajstić information content (AvgIpc) is 1.98. The number of carboxylic acids is 1. The molecule has 0 aliphatic heterocycles. The summed E-state index contributed by atoms with van der Waals surface area (Å²) in [7, 11) is 0. The zero-order valence-electron chi connectivity index (χ0n) is 7.92. The van der Waals surface area contributed by atoms with Crippen LogP contribution in [0.3, 0.4) is 0 Å². The quantitative estimate of drug-likeness (QED) is 0.618. The van der Waals surface area contributed by atoms with Crippen LogP contribution in [0.2, 0.25) is 0 Å². The van der Waals surface area contributed by atoms with E-state index >= 15 is 0 Å². The van der Waals surface area contributed by atoms with Gasteiger partial charge in [-0.3, -0.25) is 0 Å². The second kappa shape index (κ2) is 4.80. The minimum atomic E-state index is -0.920. The summed E-state index contributed by atoms with van der Waals surface area (Å²) < 4.78 is 0. The van der Waals surface area contributed by atoms with Crippen LogP contribution in [-0.2, 0) is 4.79 Å². The molecule has 0 atom stereocenters. The van der Waals surface area contributed by atoms with Crippen LogP contribution in [-0.4, -0.2) is 17.6 Å². The molecular weight excluding hydrogens is 154 g/mol. The second-order valence-corrected chi connectivity index (χ2v) is 3.57. The van der Waals surface area contributed by atoms with Gasteiger partial charge in [-0.2, -0.15) is 0 Å². The number of carboxylic acid groups (broad SMARTS) is 1. The van der Waals surface area contributed by atoms with Crippen molar-refractivity contribution in [3.8, 4) is 0 Å². The third kappa shape index (κ3) is 5.77. The molecule has 0 saturated heterocycles. The predicted molar refractivity (Wildman–Crippen MR) is 48.9 cm³/mol. The summed E-state index contributed by atoms with van der Waals surface area (Å²) in [5.41, 5.74) is 0.225. The van der Waals surface area contributed by atoms with E-state index in [0.29, 0.717) is 0 Å². The van der Waals surface area contributed by atoms with Crippen LogP contribution in [0.4, 0.5) is 0 Å². The van der Waals surface area contributed by atoms with E-state index in [-0.39, 0.29) is 5.41 Å². The van der Waals surface area contributed by atoms with Crippen LogP contribution in [0, 0.1) is 5.41 Å². The Bertz CT molecular complexity index is 173. The Hall–Kier alpha value is -0.990. The standard InChI is InChI=1S/C9H17NO2/c1-4-9(2,3)7-10-6-5-8(11)12/h5-6,10H,4,7H2,1-3H3,(H,11,12)/b6-5+. The number of carbonyl (C=O) groups is 1. The summed E-state index contributed by atoms with van der Waals surface area (Å²) >= 11 is 0. The van der Waals surface area contributed by atoms with Crippen molar-refractivity contribution >= 4 is 5.97 Å². The largest absolute Gasteiger partial charge is 0.478 e. The lowest BCUT2D eigenvalue weighted by molar-refractivity contribution is -0.131. The maximum Gasteiger partial charge on any atom is 0.329 e. The lowest BCUT2D eigenvalue weighted by atomic mass is 9.90. The molecule has 0 bridgehead atoms. The van der Waals surface area contributed by atoms with E-state index in [1.165, 1.54) is 6.20 Å². The van der Waals surface area contributed by atoms with E-state index in [2.05, 4.69) is 26.1 Å². The highest BCUT2D eigenvalue weighted by molar-refractivity contribution is 5.79. The van der Waals surface area contributed by atoms with Crippen molar-refractivity contribution in [3.05, 3.63) is 12.3 Å². The number of nitrogens with one attached hydrogen (secondary N) is 1. The lowest BCUT2D eigenvalue weighted by Crippen LogP contribution is -2.25. The summed E-state index contributed by atoms with van der Waals surface area (Å²) in [6.45, 7) is 7.18. The highest BCUT2D eigenvalue weighted by atomic mass is 16.4. The Morgan fingerprint density at radius 3 is 2.58 bits per heavy atom. The fraction of sp³-hybridized carbons (Fsp3) is 0.667. The molecule has 0 unspecified atom stereocenters. The van der Waals surface area contributed by atoms with Crippen LogP contribution in [0.15, 0.2) is 12.3 Å². The van der Waals surface area contributed by atoms with Crippen LogP contribution in [0.1, 0.15) is 27.2 Å². The summed E-state index contributed by atoms with van der Waals surface area (Å²) in [6.07, 6.45) is 3.65. The van der Waals surface area contributed by atoms with Crippen LogP contribution in [0.25, 0.3) is 0 Å². The molecule has 0 spiro atoms. The minimum absolute atomic E-state index is 0.225. The smallest absolute Gasteiger partial charge is 0.329 e. The molecule has 0 rings (SSSR count). The zero-order valence-corrected chi connectivity index (χ0v) is 7.92. The average molecular weight is 171 g/mol. The maximum absolute atomic E-state index is 10.1. The van der Waals surface area contributed by atoms with Gasteiger partial charge in [-0.15, -0.1) is 0 Å². The van der Waals surface area contributed by atoms with Crippen molar-refractivity contribution in [1.82, 2.24) is 5.32 Å². The Labute approximate surface area is 73.5 Å². The van der Waals surface area contributed by atoms with Crippen molar-refractivity contribution in [1.29, 1.82) is 0 Å². The molecule has 0 amide bonds. The normalized spacial score (nSPS) is 11.9. The highest BCUT2D eigenvalue weighted by Gasteiger charge is 2.12.